The van der Waals surface area contributed by atoms with Gasteiger partial charge in [0.1, 0.15) is 5.75 Å². The van der Waals surface area contributed by atoms with E-state index in [4.69, 9.17) is 4.74 Å². The van der Waals surface area contributed by atoms with Gasteiger partial charge < -0.3 is 15.4 Å². The van der Waals surface area contributed by atoms with E-state index < -0.39 is 0 Å². The molecule has 0 heterocycles. The first-order valence-corrected chi connectivity index (χ1v) is 10.2. The molecule has 0 aliphatic carbocycles. The van der Waals surface area contributed by atoms with E-state index in [1.54, 1.807) is 0 Å². The minimum atomic E-state index is 0.550. The lowest BCUT2D eigenvalue weighted by Crippen LogP contribution is -2.38. The second-order valence-corrected chi connectivity index (χ2v) is 7.21. The van der Waals surface area contributed by atoms with Gasteiger partial charge >= 0.3 is 0 Å². The van der Waals surface area contributed by atoms with Gasteiger partial charge in [-0.2, -0.15) is 11.8 Å². The summed E-state index contributed by atoms with van der Waals surface area (Å²) in [6.07, 6.45) is 5.55. The monoisotopic (exact) mass is 351 g/mol. The second kappa shape index (κ2) is 13.0. The zero-order chi connectivity index (χ0) is 17.6. The van der Waals surface area contributed by atoms with Crippen molar-refractivity contribution < 1.29 is 4.74 Å². The van der Waals surface area contributed by atoms with Crippen molar-refractivity contribution in [1.82, 2.24) is 10.6 Å². The molecule has 0 saturated carbocycles. The van der Waals surface area contributed by atoms with Crippen LogP contribution in [0.3, 0.4) is 0 Å². The SMILES string of the molecule is CN=C(NCCCCSC)NCCc1ccc(OCC(C)C)cc1. The van der Waals surface area contributed by atoms with E-state index in [-0.39, 0.29) is 0 Å². The first kappa shape index (κ1) is 20.7. The Kier molecular flexibility index (Phi) is 11.2. The lowest BCUT2D eigenvalue weighted by Gasteiger charge is -2.12. The molecule has 0 amide bonds. The summed E-state index contributed by atoms with van der Waals surface area (Å²) in [4.78, 5) is 4.26. The molecule has 0 aliphatic rings. The molecule has 1 aromatic rings. The molecule has 0 aromatic heterocycles. The van der Waals surface area contributed by atoms with Crippen LogP contribution in [0.4, 0.5) is 0 Å². The summed E-state index contributed by atoms with van der Waals surface area (Å²) in [6.45, 7) is 6.92. The third-order valence-corrected chi connectivity index (χ3v) is 4.20. The number of unbranched alkanes of at least 4 members (excludes halogenated alkanes) is 1. The van der Waals surface area contributed by atoms with Crippen molar-refractivity contribution in [3.63, 3.8) is 0 Å². The molecule has 0 spiro atoms. The van der Waals surface area contributed by atoms with Crippen molar-refractivity contribution in [1.29, 1.82) is 0 Å². The maximum absolute atomic E-state index is 5.71. The maximum atomic E-state index is 5.71. The van der Waals surface area contributed by atoms with E-state index in [0.717, 1.165) is 37.8 Å². The average Bonchev–Trinajstić information content (AvgIpc) is 2.59. The summed E-state index contributed by atoms with van der Waals surface area (Å²) in [5, 5.41) is 6.73. The molecule has 136 valence electrons. The van der Waals surface area contributed by atoms with Crippen molar-refractivity contribution in [3.8, 4) is 5.75 Å². The molecule has 1 aromatic carbocycles. The van der Waals surface area contributed by atoms with Crippen molar-refractivity contribution >= 4 is 17.7 Å². The smallest absolute Gasteiger partial charge is 0.190 e. The highest BCUT2D eigenvalue weighted by Crippen LogP contribution is 2.13. The van der Waals surface area contributed by atoms with Crippen LogP contribution in [0.5, 0.6) is 5.75 Å². The van der Waals surface area contributed by atoms with E-state index >= 15 is 0 Å². The van der Waals surface area contributed by atoms with Gasteiger partial charge in [0, 0.05) is 20.1 Å². The number of benzene rings is 1. The largest absolute Gasteiger partial charge is 0.493 e. The zero-order valence-electron chi connectivity index (χ0n) is 15.6. The zero-order valence-corrected chi connectivity index (χ0v) is 16.4. The molecule has 0 unspecified atom stereocenters. The Morgan fingerprint density at radius 3 is 2.46 bits per heavy atom. The number of thioether (sulfide) groups is 1. The summed E-state index contributed by atoms with van der Waals surface area (Å²) in [6, 6.07) is 8.37. The van der Waals surface area contributed by atoms with Crippen molar-refractivity contribution in [2.45, 2.75) is 33.1 Å². The molecule has 0 atom stereocenters. The van der Waals surface area contributed by atoms with Gasteiger partial charge in [-0.1, -0.05) is 26.0 Å². The highest BCUT2D eigenvalue weighted by molar-refractivity contribution is 7.98. The van der Waals surface area contributed by atoms with Gasteiger partial charge in [-0.15, -0.1) is 0 Å². The lowest BCUT2D eigenvalue weighted by molar-refractivity contribution is 0.271. The highest BCUT2D eigenvalue weighted by atomic mass is 32.2. The minimum Gasteiger partial charge on any atom is -0.493 e. The van der Waals surface area contributed by atoms with Crippen molar-refractivity contribution in [3.05, 3.63) is 29.8 Å². The van der Waals surface area contributed by atoms with E-state index in [0.29, 0.717) is 5.92 Å². The number of rotatable bonds is 11. The van der Waals surface area contributed by atoms with Crippen LogP contribution in [0.1, 0.15) is 32.3 Å². The molecular formula is C19H33N3OS. The Labute approximate surface area is 151 Å². The average molecular weight is 352 g/mol. The van der Waals surface area contributed by atoms with Crippen molar-refractivity contribution in [2.75, 3.05) is 38.8 Å². The number of aliphatic imine (C=N–C) groups is 1. The van der Waals surface area contributed by atoms with E-state index in [2.05, 4.69) is 60.0 Å². The summed E-state index contributed by atoms with van der Waals surface area (Å²) in [7, 11) is 1.82. The molecule has 2 N–H and O–H groups in total. The van der Waals surface area contributed by atoms with Gasteiger partial charge in [0.2, 0.25) is 0 Å². The van der Waals surface area contributed by atoms with Gasteiger partial charge in [-0.25, -0.2) is 0 Å². The summed E-state index contributed by atoms with van der Waals surface area (Å²) < 4.78 is 5.71. The van der Waals surface area contributed by atoms with Gasteiger partial charge in [0.25, 0.3) is 0 Å². The standard InChI is InChI=1S/C19H33N3OS/c1-16(2)15-23-18-9-7-17(8-10-18)11-13-22-19(20-3)21-12-5-6-14-24-4/h7-10,16H,5-6,11-15H2,1-4H3,(H2,20,21,22). The summed E-state index contributed by atoms with van der Waals surface area (Å²) in [5.74, 6) is 3.61. The first-order chi connectivity index (χ1) is 11.7. The fourth-order valence-corrected chi connectivity index (χ4v) is 2.63. The topological polar surface area (TPSA) is 45.7 Å². The quantitative estimate of drug-likeness (QED) is 0.363. The highest BCUT2D eigenvalue weighted by Gasteiger charge is 2.00. The number of nitrogens with one attached hydrogen (secondary N) is 2. The Balaban J connectivity index is 2.22. The predicted molar refractivity (Wildman–Crippen MR) is 107 cm³/mol. The third-order valence-electron chi connectivity index (χ3n) is 3.50. The Hall–Kier alpha value is -1.36. The summed E-state index contributed by atoms with van der Waals surface area (Å²) in [5.41, 5.74) is 1.30. The van der Waals surface area contributed by atoms with Crippen LogP contribution in [0.2, 0.25) is 0 Å². The van der Waals surface area contributed by atoms with Crippen LogP contribution in [0, 0.1) is 5.92 Å². The molecule has 24 heavy (non-hydrogen) atoms. The Bertz CT molecular complexity index is 460. The van der Waals surface area contributed by atoms with Gasteiger partial charge in [0.15, 0.2) is 5.96 Å². The van der Waals surface area contributed by atoms with Crippen LogP contribution >= 0.6 is 11.8 Å². The molecule has 4 nitrogen and oxygen atoms in total. The lowest BCUT2D eigenvalue weighted by atomic mass is 10.1. The van der Waals surface area contributed by atoms with Gasteiger partial charge in [0.05, 0.1) is 6.61 Å². The molecule has 0 radical (unpaired) electrons. The summed E-state index contributed by atoms with van der Waals surface area (Å²) >= 11 is 1.90. The van der Waals surface area contributed by atoms with Gasteiger partial charge in [-0.3, -0.25) is 4.99 Å². The van der Waals surface area contributed by atoms with E-state index in [9.17, 15) is 0 Å². The molecule has 5 heteroatoms. The number of nitrogens with zero attached hydrogens (tertiary/aromatic N) is 1. The van der Waals surface area contributed by atoms with Crippen molar-refractivity contribution in [2.24, 2.45) is 10.9 Å². The number of hydrogen-bond acceptors (Lipinski definition) is 3. The maximum Gasteiger partial charge on any atom is 0.190 e. The van der Waals surface area contributed by atoms with Crippen LogP contribution in [0.25, 0.3) is 0 Å². The van der Waals surface area contributed by atoms with Crippen LogP contribution in [-0.4, -0.2) is 44.7 Å². The number of hydrogen-bond donors (Lipinski definition) is 2. The fraction of sp³-hybridized carbons (Fsp3) is 0.632. The Morgan fingerprint density at radius 2 is 1.83 bits per heavy atom. The van der Waals surface area contributed by atoms with Crippen LogP contribution in [-0.2, 0) is 6.42 Å². The number of guanidine groups is 1. The fourth-order valence-electron chi connectivity index (χ4n) is 2.14. The molecule has 0 saturated heterocycles. The van der Waals surface area contributed by atoms with E-state index in [1.807, 2.05) is 18.8 Å². The first-order valence-electron chi connectivity index (χ1n) is 8.81. The predicted octanol–water partition coefficient (Wildman–Crippen LogP) is 3.57. The Morgan fingerprint density at radius 1 is 1.12 bits per heavy atom. The molecule has 0 fully saturated rings. The molecule has 0 bridgehead atoms. The van der Waals surface area contributed by atoms with Crippen LogP contribution in [0.15, 0.2) is 29.3 Å². The molecule has 1 rings (SSSR count). The van der Waals surface area contributed by atoms with Crippen LogP contribution < -0.4 is 15.4 Å². The molecule has 0 aliphatic heterocycles. The number of ether oxygens (including phenoxy) is 1. The molecular weight excluding hydrogens is 318 g/mol. The van der Waals surface area contributed by atoms with E-state index in [1.165, 1.54) is 24.2 Å². The third kappa shape index (κ3) is 9.71. The minimum absolute atomic E-state index is 0.550. The van der Waals surface area contributed by atoms with Gasteiger partial charge in [-0.05, 0) is 54.9 Å². The normalized spacial score (nSPS) is 11.6. The second-order valence-electron chi connectivity index (χ2n) is 6.22.